The van der Waals surface area contributed by atoms with Crippen molar-refractivity contribution in [2.24, 2.45) is 11.3 Å². The summed E-state index contributed by atoms with van der Waals surface area (Å²) in [6.45, 7) is 7.69. The highest BCUT2D eigenvalue weighted by Gasteiger charge is 2.32. The minimum atomic E-state index is -0.495. The molecule has 5 nitrogen and oxygen atoms in total. The van der Waals surface area contributed by atoms with Crippen LogP contribution in [0, 0.1) is 11.3 Å². The van der Waals surface area contributed by atoms with Gasteiger partial charge in [-0.05, 0) is 18.8 Å². The Morgan fingerprint density at radius 1 is 1.29 bits per heavy atom. The Morgan fingerprint density at radius 2 is 1.96 bits per heavy atom. The van der Waals surface area contributed by atoms with Gasteiger partial charge < -0.3 is 5.32 Å². The van der Waals surface area contributed by atoms with Crippen molar-refractivity contribution in [3.63, 3.8) is 0 Å². The topological polar surface area (TPSA) is 66.5 Å². The summed E-state index contributed by atoms with van der Waals surface area (Å²) in [5.41, 5.74) is -0.495. The number of carbonyl (C=O) groups is 3. The van der Waals surface area contributed by atoms with Crippen LogP contribution in [-0.2, 0) is 14.4 Å². The minimum absolute atomic E-state index is 0.00168. The molecule has 2 atom stereocenters. The Morgan fingerprint density at radius 3 is 2.58 bits per heavy atom. The van der Waals surface area contributed by atoms with E-state index >= 15 is 0 Å². The zero-order valence-electron chi connectivity index (χ0n) is 15.1. The summed E-state index contributed by atoms with van der Waals surface area (Å²) in [6, 6.07) is 0.195. The van der Waals surface area contributed by atoms with Crippen LogP contribution in [0.15, 0.2) is 11.1 Å². The molecular formula is C18H28N2O3S. The predicted octanol–water partition coefficient (Wildman–Crippen LogP) is 2.71. The van der Waals surface area contributed by atoms with Crippen molar-refractivity contribution < 1.29 is 14.4 Å². The van der Waals surface area contributed by atoms with Crippen LogP contribution in [-0.4, -0.2) is 40.8 Å². The largest absolute Gasteiger partial charge is 0.352 e. The standard InChI is InChI=1S/C18H28N2O3S/c1-12-7-5-6-8-13(12)19-15(22)10-20-16(23)11-24-17(20)9-14(21)18(2,3)4/h9,12-13H,5-8,10-11H2,1-4H3,(H,19,22). The molecule has 134 valence electrons. The SMILES string of the molecule is CC1CCCCC1NC(=O)CN1C(=O)CSC1=CC(=O)C(C)(C)C. The van der Waals surface area contributed by atoms with Crippen molar-refractivity contribution in [1.29, 1.82) is 0 Å². The first kappa shape index (κ1) is 19.0. The monoisotopic (exact) mass is 352 g/mol. The molecule has 1 saturated carbocycles. The molecule has 0 spiro atoms. The van der Waals surface area contributed by atoms with Gasteiger partial charge in [-0.1, -0.05) is 52.3 Å². The maximum Gasteiger partial charge on any atom is 0.240 e. The number of allylic oxidation sites excluding steroid dienone is 1. The fraction of sp³-hybridized carbons (Fsp3) is 0.722. The van der Waals surface area contributed by atoms with Crippen LogP contribution < -0.4 is 5.32 Å². The van der Waals surface area contributed by atoms with Gasteiger partial charge in [0.15, 0.2) is 5.78 Å². The number of hydrogen-bond acceptors (Lipinski definition) is 4. The number of rotatable bonds is 4. The fourth-order valence-electron chi connectivity index (χ4n) is 2.96. The quantitative estimate of drug-likeness (QED) is 0.790. The van der Waals surface area contributed by atoms with E-state index in [0.29, 0.717) is 10.9 Å². The third-order valence-electron chi connectivity index (χ3n) is 4.66. The molecule has 2 unspecified atom stereocenters. The average Bonchev–Trinajstić information content (AvgIpc) is 2.81. The minimum Gasteiger partial charge on any atom is -0.352 e. The zero-order valence-corrected chi connectivity index (χ0v) is 15.9. The summed E-state index contributed by atoms with van der Waals surface area (Å²) >= 11 is 1.33. The molecule has 6 heteroatoms. The Bertz CT molecular complexity index is 551. The van der Waals surface area contributed by atoms with Gasteiger partial charge >= 0.3 is 0 Å². The first-order valence-electron chi connectivity index (χ1n) is 8.67. The van der Waals surface area contributed by atoms with Crippen molar-refractivity contribution >= 4 is 29.4 Å². The Balaban J connectivity index is 2.00. The van der Waals surface area contributed by atoms with E-state index < -0.39 is 5.41 Å². The molecule has 1 heterocycles. The Hall–Kier alpha value is -1.30. The maximum atomic E-state index is 12.4. The molecule has 2 fully saturated rings. The van der Waals surface area contributed by atoms with E-state index in [1.54, 1.807) is 0 Å². The van der Waals surface area contributed by atoms with E-state index in [-0.39, 0.29) is 35.9 Å². The lowest BCUT2D eigenvalue weighted by atomic mass is 9.86. The Labute approximate surface area is 148 Å². The number of amides is 2. The second-order valence-corrected chi connectivity index (χ2v) is 8.80. The number of ketones is 1. The number of nitrogens with one attached hydrogen (secondary N) is 1. The van der Waals surface area contributed by atoms with E-state index in [4.69, 9.17) is 0 Å². The van der Waals surface area contributed by atoms with Gasteiger partial charge in [0.05, 0.1) is 10.8 Å². The highest BCUT2D eigenvalue weighted by atomic mass is 32.2. The highest BCUT2D eigenvalue weighted by Crippen LogP contribution is 2.30. The second kappa shape index (κ2) is 7.72. The predicted molar refractivity (Wildman–Crippen MR) is 96.3 cm³/mol. The number of carbonyl (C=O) groups excluding carboxylic acids is 3. The maximum absolute atomic E-state index is 12.4. The smallest absolute Gasteiger partial charge is 0.240 e. The van der Waals surface area contributed by atoms with Crippen LogP contribution in [0.2, 0.25) is 0 Å². The number of hydrogen-bond donors (Lipinski definition) is 1. The van der Waals surface area contributed by atoms with E-state index in [0.717, 1.165) is 19.3 Å². The molecular weight excluding hydrogens is 324 g/mol. The van der Waals surface area contributed by atoms with Gasteiger partial charge in [0.25, 0.3) is 0 Å². The summed E-state index contributed by atoms with van der Waals surface area (Å²) in [6.07, 6.45) is 6.00. The van der Waals surface area contributed by atoms with Gasteiger partial charge in [-0.3, -0.25) is 19.3 Å². The summed E-state index contributed by atoms with van der Waals surface area (Å²) < 4.78 is 0. The van der Waals surface area contributed by atoms with Crippen molar-refractivity contribution in [3.05, 3.63) is 11.1 Å². The van der Waals surface area contributed by atoms with Gasteiger partial charge in [0.2, 0.25) is 11.8 Å². The van der Waals surface area contributed by atoms with Crippen molar-refractivity contribution in [3.8, 4) is 0 Å². The van der Waals surface area contributed by atoms with Gasteiger partial charge in [-0.15, -0.1) is 0 Å². The molecule has 1 aliphatic heterocycles. The molecule has 1 aliphatic carbocycles. The van der Waals surface area contributed by atoms with Gasteiger partial charge in [-0.2, -0.15) is 0 Å². The third-order valence-corrected chi connectivity index (χ3v) is 5.69. The molecule has 1 saturated heterocycles. The van der Waals surface area contributed by atoms with Crippen LogP contribution in [0.5, 0.6) is 0 Å². The first-order valence-corrected chi connectivity index (χ1v) is 9.65. The second-order valence-electron chi connectivity index (χ2n) is 7.80. The molecule has 2 rings (SSSR count). The van der Waals surface area contributed by atoms with Crippen LogP contribution in [0.3, 0.4) is 0 Å². The lowest BCUT2D eigenvalue weighted by Gasteiger charge is -2.30. The molecule has 24 heavy (non-hydrogen) atoms. The zero-order chi connectivity index (χ0) is 17.9. The molecule has 0 bridgehead atoms. The fourth-order valence-corrected chi connectivity index (χ4v) is 3.90. The van der Waals surface area contributed by atoms with Crippen LogP contribution >= 0.6 is 11.8 Å². The van der Waals surface area contributed by atoms with Crippen molar-refractivity contribution in [1.82, 2.24) is 10.2 Å². The van der Waals surface area contributed by atoms with Gasteiger partial charge in [0.1, 0.15) is 6.54 Å². The highest BCUT2D eigenvalue weighted by molar-refractivity contribution is 8.04. The normalized spacial score (nSPS) is 26.8. The summed E-state index contributed by atoms with van der Waals surface area (Å²) in [4.78, 5) is 38.1. The van der Waals surface area contributed by atoms with E-state index in [1.165, 1.54) is 29.2 Å². The molecule has 0 radical (unpaired) electrons. The average molecular weight is 353 g/mol. The van der Waals surface area contributed by atoms with Gasteiger partial charge in [0, 0.05) is 17.5 Å². The number of thioether (sulfide) groups is 1. The van der Waals surface area contributed by atoms with Crippen LogP contribution in [0.1, 0.15) is 53.4 Å². The van der Waals surface area contributed by atoms with Crippen molar-refractivity contribution in [2.45, 2.75) is 59.4 Å². The lowest BCUT2D eigenvalue weighted by molar-refractivity contribution is -0.131. The lowest BCUT2D eigenvalue weighted by Crippen LogP contribution is -2.45. The molecule has 1 N–H and O–H groups in total. The summed E-state index contributed by atoms with van der Waals surface area (Å²) in [5.74, 6) is 0.476. The van der Waals surface area contributed by atoms with Crippen molar-refractivity contribution in [2.75, 3.05) is 12.3 Å². The Kier molecular flexibility index (Phi) is 6.12. The molecule has 2 aliphatic rings. The summed E-state index contributed by atoms with van der Waals surface area (Å²) in [7, 11) is 0. The molecule has 0 aromatic rings. The third kappa shape index (κ3) is 4.85. The number of nitrogens with zero attached hydrogens (tertiary/aromatic N) is 1. The van der Waals surface area contributed by atoms with Gasteiger partial charge in [-0.25, -0.2) is 0 Å². The molecule has 2 amide bonds. The van der Waals surface area contributed by atoms with E-state index in [2.05, 4.69) is 12.2 Å². The van der Waals surface area contributed by atoms with E-state index in [9.17, 15) is 14.4 Å². The summed E-state index contributed by atoms with van der Waals surface area (Å²) in [5, 5.41) is 3.66. The first-order chi connectivity index (χ1) is 11.2. The van der Waals surface area contributed by atoms with Crippen LogP contribution in [0.4, 0.5) is 0 Å². The molecule has 0 aromatic carbocycles. The van der Waals surface area contributed by atoms with E-state index in [1.807, 2.05) is 20.8 Å². The molecule has 0 aromatic heterocycles. The van der Waals surface area contributed by atoms with Crippen LogP contribution in [0.25, 0.3) is 0 Å².